The van der Waals surface area contributed by atoms with Gasteiger partial charge >= 0.3 is 0 Å². The number of imidazole rings is 1. The van der Waals surface area contributed by atoms with Crippen molar-refractivity contribution in [1.82, 2.24) is 14.9 Å². The molecule has 30 heavy (non-hydrogen) atoms. The van der Waals surface area contributed by atoms with E-state index in [9.17, 15) is 9.90 Å². The Labute approximate surface area is 176 Å². The van der Waals surface area contributed by atoms with Crippen molar-refractivity contribution in [2.24, 2.45) is 0 Å². The number of amides is 1. The van der Waals surface area contributed by atoms with Crippen LogP contribution >= 0.6 is 0 Å². The molecule has 6 heteroatoms. The van der Waals surface area contributed by atoms with Gasteiger partial charge in [0.1, 0.15) is 11.9 Å². The highest BCUT2D eigenvalue weighted by atomic mass is 16.3. The monoisotopic (exact) mass is 403 g/mol. The van der Waals surface area contributed by atoms with Crippen LogP contribution in [0.15, 0.2) is 60.9 Å². The predicted molar refractivity (Wildman–Crippen MR) is 115 cm³/mol. The zero-order valence-corrected chi connectivity index (χ0v) is 17.0. The van der Waals surface area contributed by atoms with Crippen molar-refractivity contribution in [2.45, 2.75) is 32.0 Å². The number of nitrogens with zero attached hydrogens (tertiary/aromatic N) is 2. The van der Waals surface area contributed by atoms with Crippen molar-refractivity contribution in [3.05, 3.63) is 77.9 Å². The first-order chi connectivity index (χ1) is 14.6. The third-order valence-electron chi connectivity index (χ3n) is 4.86. The van der Waals surface area contributed by atoms with E-state index in [4.69, 9.17) is 5.11 Å². The predicted octanol–water partition coefficient (Wildman–Crippen LogP) is 2.82. The molecule has 4 rings (SSSR count). The minimum Gasteiger partial charge on any atom is -0.400 e. The van der Waals surface area contributed by atoms with Crippen molar-refractivity contribution in [1.29, 1.82) is 0 Å². The summed E-state index contributed by atoms with van der Waals surface area (Å²) in [6, 6.07) is 16.6. The summed E-state index contributed by atoms with van der Waals surface area (Å²) in [6.07, 6.45) is 3.45. The lowest BCUT2D eigenvalue weighted by Crippen LogP contribution is -2.41. The molecule has 1 aliphatic heterocycles. The van der Waals surface area contributed by atoms with Gasteiger partial charge in [-0.15, -0.1) is 0 Å². The molecule has 0 bridgehead atoms. The van der Waals surface area contributed by atoms with E-state index < -0.39 is 6.10 Å². The number of carbonyl (C=O) groups excluding carboxylic acids is 1. The third kappa shape index (κ3) is 4.95. The van der Waals surface area contributed by atoms with Gasteiger partial charge in [0, 0.05) is 25.1 Å². The lowest BCUT2D eigenvalue weighted by atomic mass is 9.95. The van der Waals surface area contributed by atoms with E-state index in [1.165, 1.54) is 0 Å². The number of nitrogens with one attached hydrogen (secondary N) is 1. The van der Waals surface area contributed by atoms with E-state index in [-0.39, 0.29) is 11.9 Å². The second kappa shape index (κ2) is 9.88. The van der Waals surface area contributed by atoms with Crippen LogP contribution in [0.25, 0.3) is 11.1 Å². The van der Waals surface area contributed by atoms with Crippen molar-refractivity contribution in [3.8, 4) is 23.0 Å². The summed E-state index contributed by atoms with van der Waals surface area (Å²) in [5.41, 5.74) is 4.34. The molecule has 2 atom stereocenters. The first kappa shape index (κ1) is 21.3. The van der Waals surface area contributed by atoms with Crippen molar-refractivity contribution in [3.63, 3.8) is 0 Å². The minimum atomic E-state index is -0.608. The molecule has 0 spiro atoms. The van der Waals surface area contributed by atoms with Gasteiger partial charge in [-0.2, -0.15) is 0 Å². The highest BCUT2D eigenvalue weighted by molar-refractivity contribution is 5.83. The number of β-lactam (4-membered cyclic amide) rings is 1. The first-order valence-corrected chi connectivity index (χ1v) is 9.72. The molecule has 3 aromatic rings. The van der Waals surface area contributed by atoms with Crippen LogP contribution in [0.2, 0.25) is 0 Å². The van der Waals surface area contributed by atoms with Gasteiger partial charge in [0.2, 0.25) is 5.91 Å². The summed E-state index contributed by atoms with van der Waals surface area (Å²) >= 11 is 0. The molecule has 2 heterocycles. The molecule has 2 unspecified atom stereocenters. The largest absolute Gasteiger partial charge is 0.400 e. The summed E-state index contributed by atoms with van der Waals surface area (Å²) < 4.78 is 1.85. The highest BCUT2D eigenvalue weighted by Gasteiger charge is 2.26. The number of hydrogen-bond acceptors (Lipinski definition) is 4. The fourth-order valence-corrected chi connectivity index (χ4v) is 3.26. The first-order valence-electron chi connectivity index (χ1n) is 9.72. The van der Waals surface area contributed by atoms with Gasteiger partial charge in [-0.05, 0) is 35.7 Å². The van der Waals surface area contributed by atoms with Crippen LogP contribution in [-0.2, 0) is 11.3 Å². The summed E-state index contributed by atoms with van der Waals surface area (Å²) in [5.74, 6) is 7.00. The van der Waals surface area contributed by atoms with E-state index in [2.05, 4.69) is 58.5 Å². The van der Waals surface area contributed by atoms with Gasteiger partial charge in [-0.3, -0.25) is 4.79 Å². The van der Waals surface area contributed by atoms with Crippen LogP contribution in [0.1, 0.15) is 42.4 Å². The number of aromatic nitrogens is 2. The Hall–Kier alpha value is -3.40. The Morgan fingerprint density at radius 1 is 1.13 bits per heavy atom. The maximum atomic E-state index is 11.1. The molecule has 1 aliphatic rings. The molecule has 1 amide bonds. The smallest absolute Gasteiger partial charge is 0.222 e. The van der Waals surface area contributed by atoms with E-state index in [1.807, 2.05) is 22.9 Å². The van der Waals surface area contributed by atoms with E-state index in [0.717, 1.165) is 29.4 Å². The molecule has 0 aliphatic carbocycles. The number of aliphatic hydroxyl groups excluding tert-OH is 2. The van der Waals surface area contributed by atoms with Gasteiger partial charge in [0.25, 0.3) is 0 Å². The molecule has 1 fully saturated rings. The molecule has 0 saturated carbocycles. The van der Waals surface area contributed by atoms with Crippen molar-refractivity contribution in [2.75, 3.05) is 7.11 Å². The SMILES string of the molecule is CC(O)c1nccn1CC#Cc1ccc(-c2ccc(C3CC(=O)N3)cc2)cc1.CO. The molecular weight excluding hydrogens is 378 g/mol. The summed E-state index contributed by atoms with van der Waals surface area (Å²) in [6.45, 7) is 2.18. The molecule has 154 valence electrons. The van der Waals surface area contributed by atoms with Gasteiger partial charge in [0.15, 0.2) is 0 Å². The zero-order valence-electron chi connectivity index (χ0n) is 17.0. The maximum Gasteiger partial charge on any atom is 0.222 e. The standard InChI is InChI=1S/C23H21N3O2.CH4O/c1-16(27)23-24-12-14-26(23)13-2-3-17-4-6-18(7-5-17)19-8-10-20(11-9-19)21-15-22(28)25-21;1-2/h4-12,14,16,21,27H,13,15H2,1H3,(H,25,28);2H,1H3. The average molecular weight is 403 g/mol. The van der Waals surface area contributed by atoms with Crippen LogP contribution in [0, 0.1) is 11.8 Å². The molecule has 1 aromatic heterocycles. The van der Waals surface area contributed by atoms with Crippen LogP contribution in [0.4, 0.5) is 0 Å². The fourth-order valence-electron chi connectivity index (χ4n) is 3.26. The van der Waals surface area contributed by atoms with E-state index in [1.54, 1.807) is 13.1 Å². The second-order valence-electron chi connectivity index (χ2n) is 6.91. The van der Waals surface area contributed by atoms with Gasteiger partial charge < -0.3 is 20.1 Å². The zero-order chi connectivity index (χ0) is 21.5. The van der Waals surface area contributed by atoms with Gasteiger partial charge in [-0.25, -0.2) is 4.98 Å². The van der Waals surface area contributed by atoms with Crippen LogP contribution < -0.4 is 5.32 Å². The second-order valence-corrected chi connectivity index (χ2v) is 6.91. The minimum absolute atomic E-state index is 0.112. The van der Waals surface area contributed by atoms with Crippen molar-refractivity contribution >= 4 is 5.91 Å². The maximum absolute atomic E-state index is 11.1. The Kier molecular flexibility index (Phi) is 7.02. The Morgan fingerprint density at radius 3 is 2.30 bits per heavy atom. The quantitative estimate of drug-likeness (QED) is 0.462. The van der Waals surface area contributed by atoms with Gasteiger partial charge in [-0.1, -0.05) is 48.2 Å². The normalized spacial score (nSPS) is 15.6. The Bertz CT molecular complexity index is 1030. The lowest BCUT2D eigenvalue weighted by molar-refractivity contribution is -0.128. The van der Waals surface area contributed by atoms with Crippen LogP contribution in [0.3, 0.4) is 0 Å². The number of benzene rings is 2. The van der Waals surface area contributed by atoms with Gasteiger partial charge in [0.05, 0.1) is 19.0 Å². The summed E-state index contributed by atoms with van der Waals surface area (Å²) in [7, 11) is 1.00. The molecular formula is C24H25N3O3. The number of aliphatic hydroxyl groups is 2. The van der Waals surface area contributed by atoms with Crippen LogP contribution in [0.5, 0.6) is 0 Å². The number of hydrogen-bond donors (Lipinski definition) is 3. The van der Waals surface area contributed by atoms with Crippen LogP contribution in [-0.4, -0.2) is 32.8 Å². The molecule has 6 nitrogen and oxygen atoms in total. The average Bonchev–Trinajstić information content (AvgIpc) is 3.23. The number of carbonyl (C=O) groups is 1. The van der Waals surface area contributed by atoms with E-state index in [0.29, 0.717) is 18.8 Å². The molecule has 0 radical (unpaired) electrons. The Morgan fingerprint density at radius 2 is 1.73 bits per heavy atom. The number of rotatable bonds is 4. The molecule has 1 saturated heterocycles. The molecule has 2 aromatic carbocycles. The summed E-state index contributed by atoms with van der Waals surface area (Å²) in [5, 5.41) is 19.6. The topological polar surface area (TPSA) is 87.4 Å². The fraction of sp³-hybridized carbons (Fsp3) is 0.250. The third-order valence-corrected chi connectivity index (χ3v) is 4.86. The van der Waals surface area contributed by atoms with E-state index >= 15 is 0 Å². The lowest BCUT2D eigenvalue weighted by Gasteiger charge is -2.27. The van der Waals surface area contributed by atoms with Crippen molar-refractivity contribution < 1.29 is 15.0 Å². The summed E-state index contributed by atoms with van der Waals surface area (Å²) in [4.78, 5) is 15.2. The molecule has 3 N–H and O–H groups in total. The Balaban J connectivity index is 0.00000124. The highest BCUT2D eigenvalue weighted by Crippen LogP contribution is 2.27.